The van der Waals surface area contributed by atoms with Gasteiger partial charge in [0.05, 0.1) is 23.6 Å². The van der Waals surface area contributed by atoms with Crippen molar-refractivity contribution in [3.05, 3.63) is 41.5 Å². The Morgan fingerprint density at radius 1 is 1.20 bits per heavy atom. The van der Waals surface area contributed by atoms with E-state index < -0.39 is 0 Å². The molecule has 0 atom stereocenters. The molecule has 3 heterocycles. The maximum Gasteiger partial charge on any atom is 0.223 e. The van der Waals surface area contributed by atoms with Gasteiger partial charge in [0, 0.05) is 18.9 Å². The average molecular weight is 339 g/mol. The molecule has 8 heteroatoms. The first-order chi connectivity index (χ1) is 12.0. The van der Waals surface area contributed by atoms with Gasteiger partial charge in [0.15, 0.2) is 0 Å². The quantitative estimate of drug-likeness (QED) is 0.736. The Hall–Kier alpha value is -3.03. The lowest BCUT2D eigenvalue weighted by Gasteiger charge is -2.09. The molecule has 0 unspecified atom stereocenters. The molecule has 0 fully saturated rings. The molecule has 0 aromatic carbocycles. The number of hydrogen-bond donors (Lipinski definition) is 2. The van der Waals surface area contributed by atoms with E-state index in [1.54, 1.807) is 29.9 Å². The fraction of sp³-hybridized carbons (Fsp3) is 0.353. The van der Waals surface area contributed by atoms with Crippen LogP contribution in [0.4, 0.5) is 5.95 Å². The van der Waals surface area contributed by atoms with Gasteiger partial charge in [-0.05, 0) is 31.0 Å². The molecule has 2 N–H and O–H groups in total. The van der Waals surface area contributed by atoms with Crippen LogP contribution in [0.1, 0.15) is 36.8 Å². The van der Waals surface area contributed by atoms with E-state index >= 15 is 0 Å². The van der Waals surface area contributed by atoms with Gasteiger partial charge >= 0.3 is 0 Å². The second kappa shape index (κ2) is 6.84. The van der Waals surface area contributed by atoms with Crippen LogP contribution in [0.3, 0.4) is 0 Å². The predicted molar refractivity (Wildman–Crippen MR) is 94.1 cm³/mol. The van der Waals surface area contributed by atoms with Crippen LogP contribution in [-0.2, 0) is 13.6 Å². The second-order valence-electron chi connectivity index (χ2n) is 6.12. The number of anilines is 1. The topological polar surface area (TPSA) is 102 Å². The average Bonchev–Trinajstić information content (AvgIpc) is 2.96. The minimum atomic E-state index is 0.159. The van der Waals surface area contributed by atoms with Crippen molar-refractivity contribution >= 4 is 5.95 Å². The summed E-state index contributed by atoms with van der Waals surface area (Å²) in [5.74, 6) is 1.06. The molecule has 0 spiro atoms. The molecule has 25 heavy (non-hydrogen) atoms. The van der Waals surface area contributed by atoms with E-state index in [4.69, 9.17) is 0 Å². The molecule has 0 aliphatic carbocycles. The SMILES string of the molecule is Cc1nc(-c2nnn(C)c2CNc2nccc(C(C)C)n2)ccc1O. The van der Waals surface area contributed by atoms with Gasteiger partial charge < -0.3 is 10.4 Å². The molecule has 3 aromatic heterocycles. The van der Waals surface area contributed by atoms with Crippen molar-refractivity contribution in [1.29, 1.82) is 0 Å². The summed E-state index contributed by atoms with van der Waals surface area (Å²) in [6, 6.07) is 5.25. The van der Waals surface area contributed by atoms with E-state index in [-0.39, 0.29) is 5.75 Å². The van der Waals surface area contributed by atoms with Crippen molar-refractivity contribution in [3.8, 4) is 17.1 Å². The zero-order valence-corrected chi connectivity index (χ0v) is 14.7. The summed E-state index contributed by atoms with van der Waals surface area (Å²) in [5, 5.41) is 21.2. The van der Waals surface area contributed by atoms with E-state index in [2.05, 4.69) is 44.4 Å². The number of pyridine rings is 1. The van der Waals surface area contributed by atoms with Gasteiger partial charge in [0.2, 0.25) is 5.95 Å². The highest BCUT2D eigenvalue weighted by Crippen LogP contribution is 2.23. The first-order valence-corrected chi connectivity index (χ1v) is 8.08. The number of aromatic hydroxyl groups is 1. The monoisotopic (exact) mass is 339 g/mol. The van der Waals surface area contributed by atoms with E-state index in [0.29, 0.717) is 35.5 Å². The lowest BCUT2D eigenvalue weighted by Crippen LogP contribution is -2.10. The zero-order chi connectivity index (χ0) is 18.0. The summed E-state index contributed by atoms with van der Waals surface area (Å²) in [6.07, 6.45) is 1.75. The number of hydrogen-bond acceptors (Lipinski definition) is 7. The largest absolute Gasteiger partial charge is 0.506 e. The van der Waals surface area contributed by atoms with Crippen molar-refractivity contribution in [2.45, 2.75) is 33.2 Å². The lowest BCUT2D eigenvalue weighted by atomic mass is 10.1. The Bertz CT molecular complexity index is 888. The summed E-state index contributed by atoms with van der Waals surface area (Å²) >= 11 is 0. The van der Waals surface area contributed by atoms with Crippen molar-refractivity contribution in [2.24, 2.45) is 7.05 Å². The summed E-state index contributed by atoms with van der Waals surface area (Å²) in [4.78, 5) is 13.2. The third-order valence-electron chi connectivity index (χ3n) is 3.93. The number of nitrogens with one attached hydrogen (secondary N) is 1. The molecule has 130 valence electrons. The van der Waals surface area contributed by atoms with Crippen LogP contribution in [0.2, 0.25) is 0 Å². The Balaban J connectivity index is 1.85. The highest BCUT2D eigenvalue weighted by Gasteiger charge is 2.15. The Labute approximate surface area is 146 Å². The fourth-order valence-electron chi connectivity index (χ4n) is 2.40. The van der Waals surface area contributed by atoms with Gasteiger partial charge in [-0.25, -0.2) is 19.6 Å². The first kappa shape index (κ1) is 16.8. The van der Waals surface area contributed by atoms with Gasteiger partial charge in [-0.1, -0.05) is 19.1 Å². The number of rotatable bonds is 5. The minimum absolute atomic E-state index is 0.159. The predicted octanol–water partition coefficient (Wildman–Crippen LogP) is 2.42. The van der Waals surface area contributed by atoms with Gasteiger partial charge in [0.1, 0.15) is 11.4 Å². The van der Waals surface area contributed by atoms with Crippen LogP contribution in [-0.4, -0.2) is 35.1 Å². The van der Waals surface area contributed by atoms with E-state index in [1.807, 2.05) is 13.1 Å². The molecule has 8 nitrogen and oxygen atoms in total. The number of aryl methyl sites for hydroxylation is 2. The smallest absolute Gasteiger partial charge is 0.223 e. The Morgan fingerprint density at radius 3 is 2.72 bits per heavy atom. The molecule has 0 radical (unpaired) electrons. The molecule has 0 saturated carbocycles. The maximum absolute atomic E-state index is 9.66. The fourth-order valence-corrected chi connectivity index (χ4v) is 2.40. The highest BCUT2D eigenvalue weighted by molar-refractivity contribution is 5.58. The third-order valence-corrected chi connectivity index (χ3v) is 3.93. The van der Waals surface area contributed by atoms with E-state index in [9.17, 15) is 5.11 Å². The molecular formula is C17H21N7O. The third kappa shape index (κ3) is 3.57. The van der Waals surface area contributed by atoms with E-state index in [1.165, 1.54) is 0 Å². The zero-order valence-electron chi connectivity index (χ0n) is 14.7. The minimum Gasteiger partial charge on any atom is -0.506 e. The summed E-state index contributed by atoms with van der Waals surface area (Å²) < 4.78 is 1.69. The molecule has 0 amide bonds. The normalized spacial score (nSPS) is 11.1. The van der Waals surface area contributed by atoms with Crippen molar-refractivity contribution in [3.63, 3.8) is 0 Å². The van der Waals surface area contributed by atoms with Crippen molar-refractivity contribution in [1.82, 2.24) is 29.9 Å². The molecule has 0 aliphatic heterocycles. The van der Waals surface area contributed by atoms with Crippen molar-refractivity contribution < 1.29 is 5.11 Å². The van der Waals surface area contributed by atoms with Crippen LogP contribution in [0.5, 0.6) is 5.75 Å². The molecule has 0 aliphatic rings. The standard InChI is InChI=1S/C17H21N7O/c1-10(2)12-7-8-18-17(21-12)19-9-14-16(22-23-24(14)4)13-5-6-15(25)11(3)20-13/h5-8,10,25H,9H2,1-4H3,(H,18,19,21). The summed E-state index contributed by atoms with van der Waals surface area (Å²) in [7, 11) is 1.83. The van der Waals surface area contributed by atoms with Crippen LogP contribution < -0.4 is 5.32 Å². The highest BCUT2D eigenvalue weighted by atomic mass is 16.3. The van der Waals surface area contributed by atoms with Crippen molar-refractivity contribution in [2.75, 3.05) is 5.32 Å². The van der Waals surface area contributed by atoms with Gasteiger partial charge in [-0.15, -0.1) is 5.10 Å². The van der Waals surface area contributed by atoms with Crippen LogP contribution in [0.25, 0.3) is 11.4 Å². The van der Waals surface area contributed by atoms with Crippen LogP contribution in [0, 0.1) is 6.92 Å². The maximum atomic E-state index is 9.66. The first-order valence-electron chi connectivity index (χ1n) is 8.08. The number of aromatic nitrogens is 6. The molecular weight excluding hydrogens is 318 g/mol. The number of nitrogens with zero attached hydrogens (tertiary/aromatic N) is 6. The molecule has 0 saturated heterocycles. The lowest BCUT2D eigenvalue weighted by molar-refractivity contribution is 0.468. The summed E-state index contributed by atoms with van der Waals surface area (Å²) in [5.41, 5.74) is 3.72. The summed E-state index contributed by atoms with van der Waals surface area (Å²) in [6.45, 7) is 6.39. The van der Waals surface area contributed by atoms with Crippen LogP contribution in [0.15, 0.2) is 24.4 Å². The Kier molecular flexibility index (Phi) is 4.60. The Morgan fingerprint density at radius 2 is 2.00 bits per heavy atom. The van der Waals surface area contributed by atoms with Gasteiger partial charge in [0.25, 0.3) is 0 Å². The molecule has 0 bridgehead atoms. The van der Waals surface area contributed by atoms with E-state index in [0.717, 1.165) is 11.4 Å². The van der Waals surface area contributed by atoms with Crippen LogP contribution >= 0.6 is 0 Å². The molecule has 3 rings (SSSR count). The molecule has 3 aromatic rings. The van der Waals surface area contributed by atoms with Gasteiger partial charge in [-0.3, -0.25) is 0 Å². The van der Waals surface area contributed by atoms with Gasteiger partial charge in [-0.2, -0.15) is 0 Å². The second-order valence-corrected chi connectivity index (χ2v) is 6.12.